The van der Waals surface area contributed by atoms with E-state index in [1.54, 1.807) is 0 Å². The molecule has 94 valence electrons. The molecule has 0 aliphatic heterocycles. The Hall–Kier alpha value is -0.790. The average molecular weight is 250 g/mol. The monoisotopic (exact) mass is 250 g/mol. The average Bonchev–Trinajstić information content (AvgIpc) is 2.46. The Morgan fingerprint density at radius 2 is 1.50 bits per heavy atom. The van der Waals surface area contributed by atoms with Crippen molar-refractivity contribution in [1.82, 2.24) is 0 Å². The molecule has 0 saturated heterocycles. The van der Waals surface area contributed by atoms with Gasteiger partial charge in [-0.05, 0) is 12.8 Å². The Balaban J connectivity index is 3.20. The van der Waals surface area contributed by atoms with E-state index in [1.807, 2.05) is 0 Å². The summed E-state index contributed by atoms with van der Waals surface area (Å²) in [7, 11) is 0. The second-order valence-electron chi connectivity index (χ2n) is 3.67. The second kappa shape index (κ2) is 3.61. The Bertz CT molecular complexity index is 278. The highest BCUT2D eigenvalue weighted by atomic mass is 19.4. The summed E-state index contributed by atoms with van der Waals surface area (Å²) < 4.78 is 73.8. The molecule has 2 nitrogen and oxygen atoms in total. The Labute approximate surface area is 86.2 Å². The minimum atomic E-state index is -5.91. The minimum Gasteiger partial charge on any atom is -0.373 e. The van der Waals surface area contributed by atoms with Crippen LogP contribution in [0.5, 0.6) is 0 Å². The molecule has 0 unspecified atom stereocenters. The fraction of sp³-hybridized carbons (Fsp3) is 0.875. The van der Waals surface area contributed by atoms with Gasteiger partial charge in [0.15, 0.2) is 0 Å². The molecule has 0 radical (unpaired) electrons. The molecular weight excluding hydrogens is 242 g/mol. The van der Waals surface area contributed by atoms with E-state index in [4.69, 9.17) is 5.11 Å². The van der Waals surface area contributed by atoms with Crippen molar-refractivity contribution in [1.29, 1.82) is 0 Å². The molecule has 8 heteroatoms. The maximum Gasteiger partial charge on any atom is 0.427 e. The number of alkyl halides is 6. The number of ketones is 1. The zero-order valence-corrected chi connectivity index (χ0v) is 7.82. The molecular formula is C8H8F6O2. The third-order valence-corrected chi connectivity index (χ3v) is 2.67. The van der Waals surface area contributed by atoms with Crippen LogP contribution < -0.4 is 0 Å². The topological polar surface area (TPSA) is 37.3 Å². The molecule has 1 fully saturated rings. The highest BCUT2D eigenvalue weighted by molar-refractivity contribution is 5.84. The molecule has 0 aromatic carbocycles. The van der Waals surface area contributed by atoms with E-state index >= 15 is 0 Å². The van der Waals surface area contributed by atoms with Crippen LogP contribution in [0.1, 0.15) is 19.3 Å². The second-order valence-corrected chi connectivity index (χ2v) is 3.67. The zero-order chi connectivity index (χ0) is 12.8. The number of aliphatic hydroxyl groups is 1. The Morgan fingerprint density at radius 3 is 1.75 bits per heavy atom. The van der Waals surface area contributed by atoms with Crippen molar-refractivity contribution < 1.29 is 36.2 Å². The third-order valence-electron chi connectivity index (χ3n) is 2.67. The van der Waals surface area contributed by atoms with Crippen LogP contribution in [0.2, 0.25) is 0 Å². The van der Waals surface area contributed by atoms with E-state index in [1.165, 1.54) is 0 Å². The molecule has 0 spiro atoms. The molecule has 1 rings (SSSR count). The number of carbonyl (C=O) groups is 1. The van der Waals surface area contributed by atoms with Gasteiger partial charge in [-0.15, -0.1) is 0 Å². The summed E-state index contributed by atoms with van der Waals surface area (Å²) in [5, 5.41) is 8.88. The molecule has 0 amide bonds. The van der Waals surface area contributed by atoms with Gasteiger partial charge in [-0.2, -0.15) is 26.3 Å². The lowest BCUT2D eigenvalue weighted by atomic mass is 9.84. The number of rotatable bonds is 1. The lowest BCUT2D eigenvalue weighted by Gasteiger charge is -2.36. The van der Waals surface area contributed by atoms with Crippen molar-refractivity contribution in [3.05, 3.63) is 0 Å². The molecule has 0 bridgehead atoms. The fourth-order valence-electron chi connectivity index (χ4n) is 1.81. The Kier molecular flexibility index (Phi) is 3.00. The smallest absolute Gasteiger partial charge is 0.373 e. The number of hydrogen-bond acceptors (Lipinski definition) is 2. The van der Waals surface area contributed by atoms with Gasteiger partial charge in [0.05, 0.1) is 5.92 Å². The lowest BCUT2D eigenvalue weighted by Crippen LogP contribution is -2.62. The zero-order valence-electron chi connectivity index (χ0n) is 7.82. The number of halogens is 6. The summed E-state index contributed by atoms with van der Waals surface area (Å²) in [5.41, 5.74) is -4.92. The van der Waals surface area contributed by atoms with E-state index in [0.29, 0.717) is 0 Å². The van der Waals surface area contributed by atoms with Crippen LogP contribution in [-0.4, -0.2) is 28.8 Å². The summed E-state index contributed by atoms with van der Waals surface area (Å²) in [6, 6.07) is 0. The van der Waals surface area contributed by atoms with Gasteiger partial charge in [0.2, 0.25) is 0 Å². The SMILES string of the molecule is O=C1CCC[C@H]1C(O)(C(F)(F)F)C(F)(F)F. The standard InChI is InChI=1S/C8H8F6O2/c9-7(10,11)6(16,8(12,13)14)4-2-1-3-5(4)15/h4,16H,1-3H2/t4-/m1/s1. The van der Waals surface area contributed by atoms with E-state index < -0.39 is 36.1 Å². The predicted molar refractivity (Wildman–Crippen MR) is 39.4 cm³/mol. The first-order chi connectivity index (χ1) is 7.02. The Morgan fingerprint density at radius 1 is 1.06 bits per heavy atom. The summed E-state index contributed by atoms with van der Waals surface area (Å²) in [5.74, 6) is -3.63. The normalized spacial score (nSPS) is 23.9. The molecule has 1 atom stereocenters. The molecule has 16 heavy (non-hydrogen) atoms. The largest absolute Gasteiger partial charge is 0.427 e. The van der Waals surface area contributed by atoms with Gasteiger partial charge in [0.25, 0.3) is 5.60 Å². The highest BCUT2D eigenvalue weighted by Crippen LogP contribution is 2.51. The van der Waals surface area contributed by atoms with Gasteiger partial charge in [0, 0.05) is 6.42 Å². The molecule has 1 aliphatic rings. The van der Waals surface area contributed by atoms with Crippen LogP contribution in [0, 0.1) is 5.92 Å². The van der Waals surface area contributed by atoms with Crippen molar-refractivity contribution in [2.45, 2.75) is 37.2 Å². The van der Waals surface area contributed by atoms with E-state index in [9.17, 15) is 31.1 Å². The van der Waals surface area contributed by atoms with Gasteiger partial charge in [-0.1, -0.05) is 0 Å². The van der Waals surface area contributed by atoms with Gasteiger partial charge < -0.3 is 5.11 Å². The fourth-order valence-corrected chi connectivity index (χ4v) is 1.81. The van der Waals surface area contributed by atoms with Crippen LogP contribution in [0.3, 0.4) is 0 Å². The molecule has 0 aromatic rings. The van der Waals surface area contributed by atoms with E-state index in [-0.39, 0.29) is 12.8 Å². The molecule has 1 saturated carbocycles. The first-order valence-corrected chi connectivity index (χ1v) is 4.40. The van der Waals surface area contributed by atoms with E-state index in [0.717, 1.165) is 0 Å². The van der Waals surface area contributed by atoms with Crippen molar-refractivity contribution in [3.63, 3.8) is 0 Å². The van der Waals surface area contributed by atoms with E-state index in [2.05, 4.69) is 0 Å². The summed E-state index contributed by atoms with van der Waals surface area (Å²) in [6.07, 6.45) is -12.8. The molecule has 0 heterocycles. The molecule has 0 aromatic heterocycles. The van der Waals surface area contributed by atoms with Crippen LogP contribution in [0.4, 0.5) is 26.3 Å². The summed E-state index contributed by atoms with van der Waals surface area (Å²) >= 11 is 0. The van der Waals surface area contributed by atoms with Crippen LogP contribution in [-0.2, 0) is 4.79 Å². The van der Waals surface area contributed by atoms with Crippen LogP contribution in [0.15, 0.2) is 0 Å². The quantitative estimate of drug-likeness (QED) is 0.724. The molecule has 1 N–H and O–H groups in total. The highest BCUT2D eigenvalue weighted by Gasteiger charge is 2.75. The predicted octanol–water partition coefficient (Wildman–Crippen LogP) is 2.21. The van der Waals surface area contributed by atoms with Gasteiger partial charge in [0.1, 0.15) is 5.78 Å². The maximum atomic E-state index is 12.3. The van der Waals surface area contributed by atoms with Crippen LogP contribution in [0.25, 0.3) is 0 Å². The summed E-state index contributed by atoms with van der Waals surface area (Å²) in [4.78, 5) is 11.0. The van der Waals surface area contributed by atoms with Crippen molar-refractivity contribution in [2.75, 3.05) is 0 Å². The number of carbonyl (C=O) groups excluding carboxylic acids is 1. The molecule has 1 aliphatic carbocycles. The van der Waals surface area contributed by atoms with Gasteiger partial charge >= 0.3 is 12.4 Å². The van der Waals surface area contributed by atoms with Crippen molar-refractivity contribution >= 4 is 5.78 Å². The number of Topliss-reactive ketones (excluding diaryl/α,β-unsaturated/α-hetero) is 1. The summed E-state index contributed by atoms with van der Waals surface area (Å²) in [6.45, 7) is 0. The first kappa shape index (κ1) is 13.3. The van der Waals surface area contributed by atoms with Crippen LogP contribution >= 0.6 is 0 Å². The number of hydrogen-bond donors (Lipinski definition) is 1. The van der Waals surface area contributed by atoms with Crippen molar-refractivity contribution in [2.24, 2.45) is 5.92 Å². The first-order valence-electron chi connectivity index (χ1n) is 4.40. The maximum absolute atomic E-state index is 12.3. The van der Waals surface area contributed by atoms with Gasteiger partial charge in [-0.3, -0.25) is 4.79 Å². The van der Waals surface area contributed by atoms with Gasteiger partial charge in [-0.25, -0.2) is 0 Å². The third kappa shape index (κ3) is 1.79. The lowest BCUT2D eigenvalue weighted by molar-refractivity contribution is -0.380. The minimum absolute atomic E-state index is 0.0715. The van der Waals surface area contributed by atoms with Crippen molar-refractivity contribution in [3.8, 4) is 0 Å².